The van der Waals surface area contributed by atoms with Gasteiger partial charge in [0, 0.05) is 11.7 Å². The van der Waals surface area contributed by atoms with E-state index in [0.717, 1.165) is 31.6 Å². The molecule has 0 saturated carbocycles. The topological polar surface area (TPSA) is 49.5 Å². The van der Waals surface area contributed by atoms with Crippen molar-refractivity contribution >= 4 is 5.69 Å². The van der Waals surface area contributed by atoms with Crippen LogP contribution in [-0.2, 0) is 0 Å². The number of aliphatic hydroxyl groups excluding tert-OH is 1. The van der Waals surface area contributed by atoms with E-state index in [1.165, 1.54) is 5.56 Å². The fraction of sp³-hybridized carbons (Fsp3) is 0.600. The highest BCUT2D eigenvalue weighted by Crippen LogP contribution is 2.28. The molecule has 1 aromatic carbocycles. The Bertz CT molecular complexity index is 384. The highest BCUT2D eigenvalue weighted by atomic mass is 16.3. The van der Waals surface area contributed by atoms with E-state index < -0.39 is 0 Å². The number of rotatable bonds is 3. The van der Waals surface area contributed by atoms with Crippen molar-refractivity contribution in [2.45, 2.75) is 38.8 Å². The smallest absolute Gasteiger partial charge is 0.0541 e. The van der Waals surface area contributed by atoms with E-state index in [0.29, 0.717) is 12.0 Å². The van der Waals surface area contributed by atoms with Crippen LogP contribution in [0.2, 0.25) is 0 Å². The Morgan fingerprint density at radius 2 is 1.94 bits per heavy atom. The molecule has 1 saturated heterocycles. The zero-order valence-corrected chi connectivity index (χ0v) is 11.3. The number of anilines is 1. The molecule has 1 aliphatic heterocycles. The van der Waals surface area contributed by atoms with Crippen LogP contribution in [0.5, 0.6) is 0 Å². The standard InChI is InChI=1S/C15H24N2O/c1-11(14-4-3-5-15(16)10-14)17-8-6-13(7-9-17)12(2)18/h3-5,10-13,18H,6-9,16H2,1-2H3. The first-order chi connectivity index (χ1) is 8.58. The zero-order valence-electron chi connectivity index (χ0n) is 11.3. The average molecular weight is 248 g/mol. The molecule has 3 heteroatoms. The number of piperidine rings is 1. The Labute approximate surface area is 110 Å². The SMILES string of the molecule is CC(O)C1CCN(C(C)c2cccc(N)c2)CC1. The highest BCUT2D eigenvalue weighted by Gasteiger charge is 2.25. The van der Waals surface area contributed by atoms with Gasteiger partial charge in [0.05, 0.1) is 6.10 Å². The van der Waals surface area contributed by atoms with Crippen molar-refractivity contribution in [3.8, 4) is 0 Å². The largest absolute Gasteiger partial charge is 0.399 e. The molecule has 1 fully saturated rings. The second-order valence-corrected chi connectivity index (χ2v) is 5.46. The third kappa shape index (κ3) is 3.03. The maximum absolute atomic E-state index is 9.62. The van der Waals surface area contributed by atoms with Crippen molar-refractivity contribution in [2.75, 3.05) is 18.8 Å². The predicted molar refractivity (Wildman–Crippen MR) is 75.2 cm³/mol. The van der Waals surface area contributed by atoms with Crippen molar-refractivity contribution in [3.63, 3.8) is 0 Å². The van der Waals surface area contributed by atoms with Crippen LogP contribution in [0.15, 0.2) is 24.3 Å². The van der Waals surface area contributed by atoms with Gasteiger partial charge < -0.3 is 10.8 Å². The minimum atomic E-state index is -0.171. The fourth-order valence-electron chi connectivity index (χ4n) is 2.82. The van der Waals surface area contributed by atoms with Crippen molar-refractivity contribution in [1.29, 1.82) is 0 Å². The Kier molecular flexibility index (Phi) is 4.25. The van der Waals surface area contributed by atoms with E-state index in [1.54, 1.807) is 0 Å². The van der Waals surface area contributed by atoms with E-state index in [4.69, 9.17) is 5.73 Å². The predicted octanol–water partition coefficient (Wildman–Crippen LogP) is 2.42. The molecular formula is C15H24N2O. The molecule has 2 atom stereocenters. The first-order valence-corrected chi connectivity index (χ1v) is 6.85. The molecule has 0 radical (unpaired) electrons. The number of nitrogens with two attached hydrogens (primary N) is 1. The molecule has 2 rings (SSSR count). The summed E-state index contributed by atoms with van der Waals surface area (Å²) in [5.74, 6) is 0.467. The van der Waals surface area contributed by atoms with E-state index in [2.05, 4.69) is 24.0 Å². The molecule has 3 N–H and O–H groups in total. The van der Waals surface area contributed by atoms with Gasteiger partial charge >= 0.3 is 0 Å². The number of likely N-dealkylation sites (tertiary alicyclic amines) is 1. The van der Waals surface area contributed by atoms with Gasteiger partial charge in [0.25, 0.3) is 0 Å². The highest BCUT2D eigenvalue weighted by molar-refractivity contribution is 5.41. The lowest BCUT2D eigenvalue weighted by atomic mass is 9.91. The Hall–Kier alpha value is -1.06. The molecule has 18 heavy (non-hydrogen) atoms. The minimum Gasteiger partial charge on any atom is -0.399 e. The summed E-state index contributed by atoms with van der Waals surface area (Å²) < 4.78 is 0. The van der Waals surface area contributed by atoms with E-state index >= 15 is 0 Å². The van der Waals surface area contributed by atoms with Gasteiger partial charge in [-0.3, -0.25) is 4.90 Å². The number of hydrogen-bond acceptors (Lipinski definition) is 3. The molecule has 100 valence electrons. The van der Waals surface area contributed by atoms with Crippen LogP contribution in [0, 0.1) is 5.92 Å². The number of hydrogen-bond donors (Lipinski definition) is 2. The quantitative estimate of drug-likeness (QED) is 0.808. The van der Waals surface area contributed by atoms with E-state index in [-0.39, 0.29) is 6.10 Å². The molecule has 0 amide bonds. The van der Waals surface area contributed by atoms with Gasteiger partial charge in [-0.25, -0.2) is 0 Å². The average Bonchev–Trinajstić information content (AvgIpc) is 2.38. The third-order valence-electron chi connectivity index (χ3n) is 4.20. The van der Waals surface area contributed by atoms with Crippen LogP contribution in [0.25, 0.3) is 0 Å². The summed E-state index contributed by atoms with van der Waals surface area (Å²) in [6, 6.07) is 8.55. The molecule has 0 spiro atoms. The Balaban J connectivity index is 1.97. The lowest BCUT2D eigenvalue weighted by Gasteiger charge is -2.37. The molecule has 1 aliphatic rings. The van der Waals surface area contributed by atoms with Crippen molar-refractivity contribution in [1.82, 2.24) is 4.90 Å². The number of aliphatic hydroxyl groups is 1. The lowest BCUT2D eigenvalue weighted by Crippen LogP contribution is -2.38. The first-order valence-electron chi connectivity index (χ1n) is 6.85. The minimum absolute atomic E-state index is 0.171. The molecule has 1 heterocycles. The Morgan fingerprint density at radius 1 is 1.28 bits per heavy atom. The van der Waals surface area contributed by atoms with Crippen LogP contribution >= 0.6 is 0 Å². The van der Waals surface area contributed by atoms with Gasteiger partial charge in [-0.1, -0.05) is 12.1 Å². The summed E-state index contributed by atoms with van der Waals surface area (Å²) in [6.07, 6.45) is 2.00. The normalized spacial score (nSPS) is 21.7. The van der Waals surface area contributed by atoms with Crippen molar-refractivity contribution < 1.29 is 5.11 Å². The molecule has 2 unspecified atom stereocenters. The molecule has 1 aromatic rings. The summed E-state index contributed by atoms with van der Waals surface area (Å²) >= 11 is 0. The number of nitrogen functional groups attached to an aromatic ring is 1. The van der Waals surface area contributed by atoms with Crippen molar-refractivity contribution in [3.05, 3.63) is 29.8 Å². The fourth-order valence-corrected chi connectivity index (χ4v) is 2.82. The lowest BCUT2D eigenvalue weighted by molar-refractivity contribution is 0.0586. The molecule has 0 aliphatic carbocycles. The zero-order chi connectivity index (χ0) is 13.1. The van der Waals surface area contributed by atoms with Crippen LogP contribution in [0.3, 0.4) is 0 Å². The van der Waals surface area contributed by atoms with Gasteiger partial charge in [0.15, 0.2) is 0 Å². The summed E-state index contributed by atoms with van der Waals surface area (Å²) in [5.41, 5.74) is 7.95. The van der Waals surface area contributed by atoms with Gasteiger partial charge in [-0.15, -0.1) is 0 Å². The second kappa shape index (κ2) is 5.72. The monoisotopic (exact) mass is 248 g/mol. The first kappa shape index (κ1) is 13.4. The van der Waals surface area contributed by atoms with Crippen LogP contribution < -0.4 is 5.73 Å². The summed E-state index contributed by atoms with van der Waals surface area (Å²) in [4.78, 5) is 2.48. The van der Waals surface area contributed by atoms with Gasteiger partial charge in [0.1, 0.15) is 0 Å². The summed E-state index contributed by atoms with van der Waals surface area (Å²) in [6.45, 7) is 6.26. The maximum Gasteiger partial charge on any atom is 0.0541 e. The molecule has 0 aromatic heterocycles. The second-order valence-electron chi connectivity index (χ2n) is 5.46. The summed E-state index contributed by atoms with van der Waals surface area (Å²) in [7, 11) is 0. The van der Waals surface area contributed by atoms with Gasteiger partial charge in [-0.2, -0.15) is 0 Å². The van der Waals surface area contributed by atoms with Gasteiger partial charge in [0.2, 0.25) is 0 Å². The third-order valence-corrected chi connectivity index (χ3v) is 4.20. The van der Waals surface area contributed by atoms with Crippen LogP contribution in [0.1, 0.15) is 38.3 Å². The van der Waals surface area contributed by atoms with Gasteiger partial charge in [-0.05, 0) is 63.4 Å². The number of benzene rings is 1. The number of nitrogens with zero attached hydrogens (tertiary/aromatic N) is 1. The molecular weight excluding hydrogens is 224 g/mol. The van der Waals surface area contributed by atoms with Crippen LogP contribution in [0.4, 0.5) is 5.69 Å². The van der Waals surface area contributed by atoms with E-state index in [9.17, 15) is 5.11 Å². The van der Waals surface area contributed by atoms with Crippen LogP contribution in [-0.4, -0.2) is 29.2 Å². The van der Waals surface area contributed by atoms with Crippen molar-refractivity contribution in [2.24, 2.45) is 5.92 Å². The maximum atomic E-state index is 9.62. The Morgan fingerprint density at radius 3 is 2.50 bits per heavy atom. The molecule has 0 bridgehead atoms. The summed E-state index contributed by atoms with van der Waals surface area (Å²) in [5, 5.41) is 9.62. The molecule has 3 nitrogen and oxygen atoms in total. The van der Waals surface area contributed by atoms with E-state index in [1.807, 2.05) is 19.1 Å².